The highest BCUT2D eigenvalue weighted by molar-refractivity contribution is 5.97. The molecule has 240 valence electrons. The molecule has 0 spiro atoms. The summed E-state index contributed by atoms with van der Waals surface area (Å²) in [6.45, 7) is 2.11. The molecule has 0 bridgehead atoms. The Morgan fingerprint density at radius 3 is 2.51 bits per heavy atom. The minimum absolute atomic E-state index is 0.00754. The van der Waals surface area contributed by atoms with Crippen LogP contribution in [0, 0.1) is 0 Å². The van der Waals surface area contributed by atoms with Crippen molar-refractivity contribution in [2.24, 2.45) is 0 Å². The number of fused-ring (bicyclic) bond motifs is 2. The van der Waals surface area contributed by atoms with Gasteiger partial charge in [0.05, 0.1) is 17.4 Å². The third-order valence-electron chi connectivity index (χ3n) is 8.45. The number of anilines is 5. The van der Waals surface area contributed by atoms with Crippen molar-refractivity contribution in [3.63, 3.8) is 0 Å². The summed E-state index contributed by atoms with van der Waals surface area (Å²) in [5, 5.41) is 9.65. The SMILES string of the molecule is CN1C(=O)c2ccccc2CC1n1c(=O)c(Nc2cccnc2)cc2cnc(Nc3ccc(N4CCNCC4)c(C(F)(F)F)c3)nc21. The normalized spacial score (nSPS) is 16.7. The number of halogens is 3. The van der Waals surface area contributed by atoms with Crippen molar-refractivity contribution in [2.75, 3.05) is 48.8 Å². The highest BCUT2D eigenvalue weighted by Crippen LogP contribution is 2.39. The summed E-state index contributed by atoms with van der Waals surface area (Å²) in [4.78, 5) is 44.0. The molecule has 14 heteroatoms. The zero-order chi connectivity index (χ0) is 32.7. The Morgan fingerprint density at radius 1 is 0.936 bits per heavy atom. The number of hydrogen-bond donors (Lipinski definition) is 3. The fourth-order valence-corrected chi connectivity index (χ4v) is 6.12. The van der Waals surface area contributed by atoms with Crippen LogP contribution in [0.3, 0.4) is 0 Å². The second-order valence-corrected chi connectivity index (χ2v) is 11.4. The molecular weight excluding hydrogens is 611 g/mol. The fourth-order valence-electron chi connectivity index (χ4n) is 6.12. The lowest BCUT2D eigenvalue weighted by Gasteiger charge is -2.35. The van der Waals surface area contributed by atoms with Crippen molar-refractivity contribution in [2.45, 2.75) is 18.8 Å². The predicted molar refractivity (Wildman–Crippen MR) is 172 cm³/mol. The lowest BCUT2D eigenvalue weighted by atomic mass is 9.97. The monoisotopic (exact) mass is 641 g/mol. The predicted octanol–water partition coefficient (Wildman–Crippen LogP) is 4.93. The number of nitrogens with zero attached hydrogens (tertiary/aromatic N) is 6. The average Bonchev–Trinajstić information content (AvgIpc) is 3.08. The number of alkyl halides is 3. The van der Waals surface area contributed by atoms with Crippen molar-refractivity contribution >= 4 is 45.6 Å². The van der Waals surface area contributed by atoms with Gasteiger partial charge in [-0.25, -0.2) is 4.98 Å². The van der Waals surface area contributed by atoms with Crippen LogP contribution in [0.5, 0.6) is 0 Å². The summed E-state index contributed by atoms with van der Waals surface area (Å²) >= 11 is 0. The molecule has 1 atom stereocenters. The van der Waals surface area contributed by atoms with E-state index in [1.807, 2.05) is 12.1 Å². The molecule has 3 aromatic heterocycles. The summed E-state index contributed by atoms with van der Waals surface area (Å²) in [7, 11) is 1.63. The molecule has 0 aliphatic carbocycles. The molecule has 2 aliphatic heterocycles. The van der Waals surface area contributed by atoms with Gasteiger partial charge in [-0.3, -0.25) is 19.1 Å². The summed E-state index contributed by atoms with van der Waals surface area (Å²) < 4.78 is 44.1. The number of aromatic nitrogens is 4. The van der Waals surface area contributed by atoms with Crippen LogP contribution in [0.1, 0.15) is 27.7 Å². The molecule has 0 radical (unpaired) electrons. The summed E-state index contributed by atoms with van der Waals surface area (Å²) in [5.41, 5.74) is 1.37. The van der Waals surface area contributed by atoms with Crippen LogP contribution in [0.25, 0.3) is 11.0 Å². The topological polar surface area (TPSA) is 120 Å². The molecule has 0 saturated carbocycles. The molecule has 2 aromatic carbocycles. The van der Waals surface area contributed by atoms with E-state index >= 15 is 0 Å². The third kappa shape index (κ3) is 5.83. The first kappa shape index (κ1) is 30.2. The Bertz CT molecular complexity index is 2030. The Kier molecular flexibility index (Phi) is 7.72. The Hall–Kier alpha value is -5.50. The Balaban J connectivity index is 1.32. The summed E-state index contributed by atoms with van der Waals surface area (Å²) in [6, 6.07) is 16.4. The van der Waals surface area contributed by atoms with Gasteiger partial charge < -0.3 is 25.8 Å². The molecule has 3 N–H and O–H groups in total. The first-order chi connectivity index (χ1) is 22.7. The van der Waals surface area contributed by atoms with Gasteiger partial charge in [-0.2, -0.15) is 18.2 Å². The van der Waals surface area contributed by atoms with Gasteiger partial charge in [-0.05, 0) is 48.0 Å². The van der Waals surface area contributed by atoms with Crippen molar-refractivity contribution in [3.05, 3.63) is 106 Å². The number of benzene rings is 2. The van der Waals surface area contributed by atoms with Gasteiger partial charge in [0.2, 0.25) is 5.95 Å². The summed E-state index contributed by atoms with van der Waals surface area (Å²) in [5.74, 6) is -0.258. The zero-order valence-corrected chi connectivity index (χ0v) is 25.3. The fraction of sp³-hybridized carbons (Fsp3) is 0.242. The zero-order valence-electron chi connectivity index (χ0n) is 25.3. The Morgan fingerprint density at radius 2 is 1.74 bits per heavy atom. The highest BCUT2D eigenvalue weighted by Gasteiger charge is 2.36. The molecule has 11 nitrogen and oxygen atoms in total. The summed E-state index contributed by atoms with van der Waals surface area (Å²) in [6.07, 6.45) is -0.322. The molecule has 2 aliphatic rings. The number of amides is 1. The van der Waals surface area contributed by atoms with Crippen molar-refractivity contribution in [3.8, 4) is 0 Å². The van der Waals surface area contributed by atoms with E-state index in [0.717, 1.165) is 11.6 Å². The first-order valence-electron chi connectivity index (χ1n) is 15.1. The van der Waals surface area contributed by atoms with E-state index in [1.54, 1.807) is 60.7 Å². The first-order valence-corrected chi connectivity index (χ1v) is 15.1. The van der Waals surface area contributed by atoms with Gasteiger partial charge >= 0.3 is 6.18 Å². The number of rotatable bonds is 6. The van der Waals surface area contributed by atoms with Crippen LogP contribution < -0.4 is 26.4 Å². The van der Waals surface area contributed by atoms with Crippen LogP contribution in [0.2, 0.25) is 0 Å². The lowest BCUT2D eigenvalue weighted by molar-refractivity contribution is -0.137. The van der Waals surface area contributed by atoms with E-state index < -0.39 is 23.5 Å². The minimum Gasteiger partial charge on any atom is -0.368 e. The number of likely N-dealkylation sites (N-methyl/N-ethyl adjacent to an activating group) is 1. The van der Waals surface area contributed by atoms with Gasteiger partial charge in [0.1, 0.15) is 17.5 Å². The number of hydrogen-bond acceptors (Lipinski definition) is 9. The smallest absolute Gasteiger partial charge is 0.368 e. The van der Waals surface area contributed by atoms with Crippen LogP contribution >= 0.6 is 0 Å². The molecule has 1 fully saturated rings. The van der Waals surface area contributed by atoms with E-state index in [-0.39, 0.29) is 34.6 Å². The second kappa shape index (κ2) is 12.0. The van der Waals surface area contributed by atoms with Gasteiger partial charge in [-0.15, -0.1) is 0 Å². The largest absolute Gasteiger partial charge is 0.418 e. The van der Waals surface area contributed by atoms with Crippen LogP contribution in [0.15, 0.2) is 84.0 Å². The minimum atomic E-state index is -4.59. The average molecular weight is 642 g/mol. The molecule has 5 heterocycles. The maximum atomic E-state index is 14.2. The molecule has 7 rings (SSSR count). The van der Waals surface area contributed by atoms with E-state index in [0.29, 0.717) is 49.2 Å². The maximum Gasteiger partial charge on any atom is 0.418 e. The van der Waals surface area contributed by atoms with Crippen LogP contribution in [0.4, 0.5) is 41.9 Å². The number of nitrogens with one attached hydrogen (secondary N) is 3. The number of carbonyl (C=O) groups excluding carboxylic acids is 1. The van der Waals surface area contributed by atoms with E-state index in [4.69, 9.17) is 0 Å². The van der Waals surface area contributed by atoms with Crippen molar-refractivity contribution in [1.29, 1.82) is 0 Å². The maximum absolute atomic E-state index is 14.2. The lowest BCUT2D eigenvalue weighted by Crippen LogP contribution is -2.44. The van der Waals surface area contributed by atoms with Crippen molar-refractivity contribution in [1.82, 2.24) is 29.7 Å². The Labute approximate surface area is 267 Å². The van der Waals surface area contributed by atoms with Gasteiger partial charge in [-0.1, -0.05) is 18.2 Å². The number of piperazine rings is 1. The molecule has 5 aromatic rings. The molecule has 1 amide bonds. The van der Waals surface area contributed by atoms with Gasteiger partial charge in [0.15, 0.2) is 0 Å². The van der Waals surface area contributed by atoms with E-state index in [1.165, 1.54) is 21.7 Å². The second-order valence-electron chi connectivity index (χ2n) is 11.4. The quantitative estimate of drug-likeness (QED) is 0.237. The molecule has 1 unspecified atom stereocenters. The molecule has 47 heavy (non-hydrogen) atoms. The molecule has 1 saturated heterocycles. The number of pyridine rings is 2. The molecular formula is C33H30F3N9O2. The van der Waals surface area contributed by atoms with E-state index in [9.17, 15) is 22.8 Å². The van der Waals surface area contributed by atoms with Crippen molar-refractivity contribution < 1.29 is 18.0 Å². The third-order valence-corrected chi connectivity index (χ3v) is 8.45. The number of carbonyl (C=O) groups is 1. The van der Waals surface area contributed by atoms with Gasteiger partial charge in [0, 0.05) is 74.4 Å². The van der Waals surface area contributed by atoms with Gasteiger partial charge in [0.25, 0.3) is 11.5 Å². The van der Waals surface area contributed by atoms with Crippen LogP contribution in [-0.4, -0.2) is 63.6 Å². The highest BCUT2D eigenvalue weighted by atomic mass is 19.4. The standard InChI is InChI=1S/C33H30F3N9O2/c1-43-28(16-20-5-2-3-7-24(20)30(43)46)45-29-21(15-26(31(45)47)40-23-6-4-10-38-19-23)18-39-32(42-29)41-22-8-9-27(25(17-22)33(34,35)36)44-13-11-37-12-14-44/h2-10,15,17-19,28,37,40H,11-14,16H2,1H3,(H,39,41,42). The van der Waals surface area contributed by atoms with E-state index in [2.05, 4.69) is 30.9 Å². The van der Waals surface area contributed by atoms with Crippen LogP contribution in [-0.2, 0) is 12.6 Å².